The molecule has 0 bridgehead atoms. The van der Waals surface area contributed by atoms with Crippen molar-refractivity contribution in [2.45, 2.75) is 12.8 Å². The molecule has 19 heavy (non-hydrogen) atoms. The molecule has 0 fully saturated rings. The standard InChI is InChI=1S/C14H11ClN2OS/c15-11-3-1-10(2-4-11)7-13(18)8-12-9-17-5-6-19-14(17)16-12/h1-6,9H,7-8H2. The fourth-order valence-electron chi connectivity index (χ4n) is 1.96. The molecule has 0 aliphatic heterocycles. The molecule has 0 atom stereocenters. The molecule has 5 heteroatoms. The second-order valence-electron chi connectivity index (χ2n) is 4.34. The summed E-state index contributed by atoms with van der Waals surface area (Å²) in [6.07, 6.45) is 4.64. The lowest BCUT2D eigenvalue weighted by Gasteiger charge is -1.99. The summed E-state index contributed by atoms with van der Waals surface area (Å²) in [4.78, 5) is 17.3. The Morgan fingerprint density at radius 1 is 1.26 bits per heavy atom. The van der Waals surface area contributed by atoms with E-state index >= 15 is 0 Å². The summed E-state index contributed by atoms with van der Waals surface area (Å²) in [7, 11) is 0. The highest BCUT2D eigenvalue weighted by molar-refractivity contribution is 7.15. The highest BCUT2D eigenvalue weighted by Gasteiger charge is 2.09. The van der Waals surface area contributed by atoms with Crippen LogP contribution in [0.25, 0.3) is 4.96 Å². The van der Waals surface area contributed by atoms with E-state index in [9.17, 15) is 4.79 Å². The summed E-state index contributed by atoms with van der Waals surface area (Å²) in [6.45, 7) is 0. The van der Waals surface area contributed by atoms with Crippen molar-refractivity contribution in [1.82, 2.24) is 9.38 Å². The topological polar surface area (TPSA) is 34.4 Å². The molecule has 96 valence electrons. The first kappa shape index (κ1) is 12.4. The van der Waals surface area contributed by atoms with Crippen LogP contribution in [-0.4, -0.2) is 15.2 Å². The fourth-order valence-corrected chi connectivity index (χ4v) is 2.80. The lowest BCUT2D eigenvalue weighted by Crippen LogP contribution is -2.06. The predicted octanol–water partition coefficient (Wildman–Crippen LogP) is 3.40. The first-order chi connectivity index (χ1) is 9.20. The normalized spacial score (nSPS) is 11.0. The summed E-state index contributed by atoms with van der Waals surface area (Å²) in [5, 5.41) is 2.66. The summed E-state index contributed by atoms with van der Waals surface area (Å²) < 4.78 is 1.94. The van der Waals surface area contributed by atoms with Gasteiger partial charge in [-0.05, 0) is 17.7 Å². The van der Waals surface area contributed by atoms with Crippen LogP contribution in [-0.2, 0) is 17.6 Å². The molecule has 0 amide bonds. The molecule has 3 rings (SSSR count). The number of carbonyl (C=O) groups excluding carboxylic acids is 1. The molecule has 0 saturated carbocycles. The van der Waals surface area contributed by atoms with Crippen molar-refractivity contribution in [3.8, 4) is 0 Å². The van der Waals surface area contributed by atoms with E-state index in [1.165, 1.54) is 0 Å². The second-order valence-corrected chi connectivity index (χ2v) is 5.65. The van der Waals surface area contributed by atoms with Gasteiger partial charge in [0.1, 0.15) is 5.78 Å². The monoisotopic (exact) mass is 290 g/mol. The largest absolute Gasteiger partial charge is 0.299 e. The van der Waals surface area contributed by atoms with Crippen LogP contribution in [0.15, 0.2) is 42.0 Å². The Bertz CT molecular complexity index is 686. The van der Waals surface area contributed by atoms with Gasteiger partial charge in [-0.3, -0.25) is 9.20 Å². The summed E-state index contributed by atoms with van der Waals surface area (Å²) >= 11 is 7.38. The molecule has 2 aromatic heterocycles. The summed E-state index contributed by atoms with van der Waals surface area (Å²) in [5.74, 6) is 0.160. The van der Waals surface area contributed by atoms with Crippen LogP contribution < -0.4 is 0 Å². The summed E-state index contributed by atoms with van der Waals surface area (Å²) in [5.41, 5.74) is 1.81. The molecule has 0 radical (unpaired) electrons. The Morgan fingerprint density at radius 3 is 2.79 bits per heavy atom. The molecule has 0 spiro atoms. The minimum absolute atomic E-state index is 0.160. The maximum atomic E-state index is 12.0. The van der Waals surface area contributed by atoms with Gasteiger partial charge in [0.15, 0.2) is 4.96 Å². The molecule has 1 aromatic carbocycles. The first-order valence-corrected chi connectivity index (χ1v) is 7.14. The van der Waals surface area contributed by atoms with Gasteiger partial charge in [-0.2, -0.15) is 0 Å². The third kappa shape index (κ3) is 2.85. The van der Waals surface area contributed by atoms with Gasteiger partial charge >= 0.3 is 0 Å². The number of hydrogen-bond donors (Lipinski definition) is 0. The predicted molar refractivity (Wildman–Crippen MR) is 76.9 cm³/mol. The molecule has 2 heterocycles. The number of ketones is 1. The zero-order chi connectivity index (χ0) is 13.2. The maximum Gasteiger partial charge on any atom is 0.193 e. The van der Waals surface area contributed by atoms with Crippen LogP contribution in [0.4, 0.5) is 0 Å². The smallest absolute Gasteiger partial charge is 0.193 e. The quantitative estimate of drug-likeness (QED) is 0.738. The molecule has 0 saturated heterocycles. The lowest BCUT2D eigenvalue weighted by atomic mass is 10.1. The van der Waals surface area contributed by atoms with Gasteiger partial charge in [0.05, 0.1) is 12.1 Å². The van der Waals surface area contributed by atoms with E-state index in [4.69, 9.17) is 11.6 Å². The SMILES string of the molecule is O=C(Cc1ccc(Cl)cc1)Cc1cn2ccsc2n1. The van der Waals surface area contributed by atoms with Crippen molar-refractivity contribution >= 4 is 33.7 Å². The third-order valence-electron chi connectivity index (χ3n) is 2.84. The van der Waals surface area contributed by atoms with E-state index < -0.39 is 0 Å². The molecule has 0 unspecified atom stereocenters. The van der Waals surface area contributed by atoms with Crippen molar-refractivity contribution in [3.05, 3.63) is 58.3 Å². The number of Topliss-reactive ketones (excluding diaryl/α,β-unsaturated/α-hetero) is 1. The van der Waals surface area contributed by atoms with E-state index in [1.807, 2.05) is 34.3 Å². The number of fused-ring (bicyclic) bond motifs is 1. The number of hydrogen-bond acceptors (Lipinski definition) is 3. The van der Waals surface area contributed by atoms with E-state index in [2.05, 4.69) is 4.98 Å². The number of rotatable bonds is 4. The van der Waals surface area contributed by atoms with Crippen molar-refractivity contribution in [1.29, 1.82) is 0 Å². The Morgan fingerprint density at radius 2 is 2.05 bits per heavy atom. The van der Waals surface area contributed by atoms with Gasteiger partial charge in [0, 0.05) is 29.2 Å². The van der Waals surface area contributed by atoms with Gasteiger partial charge in [-0.1, -0.05) is 23.7 Å². The average Bonchev–Trinajstić information content (AvgIpc) is 2.92. The number of imidazole rings is 1. The fraction of sp³-hybridized carbons (Fsp3) is 0.143. The number of aromatic nitrogens is 2. The molecule has 0 N–H and O–H groups in total. The van der Waals surface area contributed by atoms with E-state index in [1.54, 1.807) is 23.5 Å². The number of benzene rings is 1. The minimum Gasteiger partial charge on any atom is -0.299 e. The zero-order valence-corrected chi connectivity index (χ0v) is 11.6. The van der Waals surface area contributed by atoms with Crippen molar-refractivity contribution in [3.63, 3.8) is 0 Å². The van der Waals surface area contributed by atoms with Crippen LogP contribution in [0.2, 0.25) is 5.02 Å². The number of halogens is 1. The summed E-state index contributed by atoms with van der Waals surface area (Å²) in [6, 6.07) is 7.37. The minimum atomic E-state index is 0.160. The van der Waals surface area contributed by atoms with E-state index in [0.717, 1.165) is 16.2 Å². The molecule has 0 aliphatic rings. The third-order valence-corrected chi connectivity index (χ3v) is 3.86. The highest BCUT2D eigenvalue weighted by Crippen LogP contribution is 2.14. The van der Waals surface area contributed by atoms with Crippen LogP contribution >= 0.6 is 22.9 Å². The second kappa shape index (κ2) is 5.15. The zero-order valence-electron chi connectivity index (χ0n) is 10.0. The molecule has 0 aliphatic carbocycles. The average molecular weight is 291 g/mol. The van der Waals surface area contributed by atoms with Crippen LogP contribution in [0, 0.1) is 0 Å². The van der Waals surface area contributed by atoms with Gasteiger partial charge in [-0.25, -0.2) is 4.98 Å². The van der Waals surface area contributed by atoms with Crippen LogP contribution in [0.3, 0.4) is 0 Å². The van der Waals surface area contributed by atoms with Gasteiger partial charge in [-0.15, -0.1) is 11.3 Å². The van der Waals surface area contributed by atoms with Crippen molar-refractivity contribution < 1.29 is 4.79 Å². The van der Waals surface area contributed by atoms with Gasteiger partial charge in [0.2, 0.25) is 0 Å². The van der Waals surface area contributed by atoms with Crippen molar-refractivity contribution in [2.24, 2.45) is 0 Å². The van der Waals surface area contributed by atoms with E-state index in [0.29, 0.717) is 17.9 Å². The Kier molecular flexibility index (Phi) is 3.36. The Labute approximate surface area is 119 Å². The molecular formula is C14H11ClN2OS. The first-order valence-electron chi connectivity index (χ1n) is 5.88. The highest BCUT2D eigenvalue weighted by atomic mass is 35.5. The lowest BCUT2D eigenvalue weighted by molar-refractivity contribution is -0.117. The molecular weight excluding hydrogens is 280 g/mol. The number of carbonyl (C=O) groups is 1. The van der Waals surface area contributed by atoms with Crippen LogP contribution in [0.1, 0.15) is 11.3 Å². The molecule has 3 nitrogen and oxygen atoms in total. The van der Waals surface area contributed by atoms with Gasteiger partial charge < -0.3 is 0 Å². The van der Waals surface area contributed by atoms with Crippen LogP contribution in [0.5, 0.6) is 0 Å². The Hall–Kier alpha value is -1.65. The van der Waals surface area contributed by atoms with Crippen molar-refractivity contribution in [2.75, 3.05) is 0 Å². The number of nitrogens with zero attached hydrogens (tertiary/aromatic N) is 2. The maximum absolute atomic E-state index is 12.0. The van der Waals surface area contributed by atoms with Gasteiger partial charge in [0.25, 0.3) is 0 Å². The number of thiazole rings is 1. The van der Waals surface area contributed by atoms with E-state index in [-0.39, 0.29) is 5.78 Å². The Balaban J connectivity index is 1.68. The molecule has 3 aromatic rings.